The number of aromatic nitrogens is 3. The van der Waals surface area contributed by atoms with Gasteiger partial charge in [-0.15, -0.1) is 0 Å². The summed E-state index contributed by atoms with van der Waals surface area (Å²) in [7, 11) is -1.76. The van der Waals surface area contributed by atoms with Crippen molar-refractivity contribution in [1.82, 2.24) is 18.8 Å². The molecule has 0 unspecified atom stereocenters. The summed E-state index contributed by atoms with van der Waals surface area (Å²) in [6.45, 7) is 4.41. The number of nitrogens with zero attached hydrogens (tertiary/aromatic N) is 3. The van der Waals surface area contributed by atoms with Gasteiger partial charge in [-0.3, -0.25) is 0 Å². The predicted molar refractivity (Wildman–Crippen MR) is 79.9 cm³/mol. The van der Waals surface area contributed by atoms with E-state index >= 15 is 0 Å². The van der Waals surface area contributed by atoms with E-state index in [0.29, 0.717) is 12.4 Å². The molecule has 2 aromatic rings. The quantitative estimate of drug-likeness (QED) is 0.822. The molecule has 2 aromatic heterocycles. The molecular weight excluding hydrogens is 290 g/mol. The van der Waals surface area contributed by atoms with Crippen LogP contribution in [0.3, 0.4) is 0 Å². The third-order valence-electron chi connectivity index (χ3n) is 3.32. The second-order valence-electron chi connectivity index (χ2n) is 5.15. The molecule has 0 fully saturated rings. The number of imidazole rings is 1. The number of aryl methyl sites for hydroxylation is 1. The Kier molecular flexibility index (Phi) is 4.50. The molecule has 2 rings (SSSR count). The molecule has 0 aliphatic carbocycles. The van der Waals surface area contributed by atoms with Crippen LogP contribution in [0, 0.1) is 0 Å². The monoisotopic (exact) mass is 311 g/mol. The van der Waals surface area contributed by atoms with E-state index in [-0.39, 0.29) is 17.5 Å². The summed E-state index contributed by atoms with van der Waals surface area (Å²) < 4.78 is 30.9. The van der Waals surface area contributed by atoms with E-state index in [0.717, 1.165) is 5.69 Å². The van der Waals surface area contributed by atoms with Crippen molar-refractivity contribution in [2.45, 2.75) is 37.9 Å². The maximum Gasteiger partial charge on any atom is 0.242 e. The average molecular weight is 311 g/mol. The molecule has 0 saturated carbocycles. The molecule has 2 heterocycles. The van der Waals surface area contributed by atoms with Gasteiger partial charge in [-0.1, -0.05) is 0 Å². The van der Waals surface area contributed by atoms with Gasteiger partial charge in [0.2, 0.25) is 10.0 Å². The fourth-order valence-corrected chi connectivity index (χ4v) is 3.13. The van der Waals surface area contributed by atoms with Crippen molar-refractivity contribution >= 4 is 10.0 Å². The molecule has 21 heavy (non-hydrogen) atoms. The molecule has 0 aliphatic rings. The maximum atomic E-state index is 12.3. The highest BCUT2D eigenvalue weighted by Crippen LogP contribution is 2.18. The molecule has 0 atom stereocenters. The van der Waals surface area contributed by atoms with E-state index in [1.54, 1.807) is 29.2 Å². The molecular formula is C13H21N5O2S. The van der Waals surface area contributed by atoms with Gasteiger partial charge in [-0.05, 0) is 19.9 Å². The summed E-state index contributed by atoms with van der Waals surface area (Å²) in [6, 6.07) is 1.77. The van der Waals surface area contributed by atoms with Gasteiger partial charge < -0.3 is 14.9 Å². The topological polar surface area (TPSA) is 94.9 Å². The number of sulfonamides is 1. The molecule has 0 spiro atoms. The van der Waals surface area contributed by atoms with Crippen LogP contribution < -0.4 is 10.5 Å². The van der Waals surface area contributed by atoms with Crippen LogP contribution in [-0.4, -0.2) is 22.5 Å². The molecule has 8 heteroatoms. The van der Waals surface area contributed by atoms with Crippen LogP contribution in [-0.2, 0) is 30.2 Å². The molecule has 0 bridgehead atoms. The van der Waals surface area contributed by atoms with Crippen molar-refractivity contribution in [3.05, 3.63) is 36.2 Å². The lowest BCUT2D eigenvalue weighted by molar-refractivity contribution is 0.568. The summed E-state index contributed by atoms with van der Waals surface area (Å²) in [6.07, 6.45) is 5.02. The Hall–Kier alpha value is -1.64. The Morgan fingerprint density at radius 3 is 2.62 bits per heavy atom. The van der Waals surface area contributed by atoms with Gasteiger partial charge in [-0.2, -0.15) is 0 Å². The lowest BCUT2D eigenvalue weighted by atomic mass is 10.3. The van der Waals surface area contributed by atoms with Crippen molar-refractivity contribution in [3.63, 3.8) is 0 Å². The van der Waals surface area contributed by atoms with Gasteiger partial charge in [-0.25, -0.2) is 18.1 Å². The minimum atomic E-state index is -3.58. The molecule has 0 aliphatic heterocycles. The molecule has 116 valence electrons. The highest BCUT2D eigenvalue weighted by atomic mass is 32.2. The number of hydrogen-bond acceptors (Lipinski definition) is 4. The Morgan fingerprint density at radius 2 is 2.14 bits per heavy atom. The summed E-state index contributed by atoms with van der Waals surface area (Å²) >= 11 is 0. The second-order valence-corrected chi connectivity index (χ2v) is 6.92. The van der Waals surface area contributed by atoms with Crippen molar-refractivity contribution in [1.29, 1.82) is 0 Å². The van der Waals surface area contributed by atoms with E-state index in [9.17, 15) is 8.42 Å². The Bertz CT molecular complexity index is 715. The summed E-state index contributed by atoms with van der Waals surface area (Å²) in [5.74, 6) is 0.654. The first-order valence-electron chi connectivity index (χ1n) is 6.72. The normalized spacial score (nSPS) is 12.2. The highest BCUT2D eigenvalue weighted by molar-refractivity contribution is 7.89. The van der Waals surface area contributed by atoms with Gasteiger partial charge in [0.05, 0.1) is 11.4 Å². The number of nitrogens with one attached hydrogen (secondary N) is 1. The van der Waals surface area contributed by atoms with E-state index < -0.39 is 10.0 Å². The summed E-state index contributed by atoms with van der Waals surface area (Å²) in [5, 5.41) is 0. The molecule has 3 N–H and O–H groups in total. The molecule has 0 aromatic carbocycles. The van der Waals surface area contributed by atoms with E-state index in [4.69, 9.17) is 5.73 Å². The highest BCUT2D eigenvalue weighted by Gasteiger charge is 2.19. The zero-order valence-electron chi connectivity index (χ0n) is 12.4. The van der Waals surface area contributed by atoms with Crippen LogP contribution in [0.5, 0.6) is 0 Å². The van der Waals surface area contributed by atoms with Gasteiger partial charge in [0.25, 0.3) is 0 Å². The number of rotatable bonds is 6. The SMILES string of the molecule is CC(C)n1cc(S(=O)(=O)NCc2nccn2C)cc1CN. The van der Waals surface area contributed by atoms with Gasteiger partial charge in [0.1, 0.15) is 5.82 Å². The van der Waals surface area contributed by atoms with Crippen LogP contribution >= 0.6 is 0 Å². The third-order valence-corrected chi connectivity index (χ3v) is 4.69. The van der Waals surface area contributed by atoms with Gasteiger partial charge >= 0.3 is 0 Å². The first kappa shape index (κ1) is 15.7. The Morgan fingerprint density at radius 1 is 1.43 bits per heavy atom. The van der Waals surface area contributed by atoms with Crippen molar-refractivity contribution in [3.8, 4) is 0 Å². The van der Waals surface area contributed by atoms with Gasteiger partial charge in [0.15, 0.2) is 0 Å². The lowest BCUT2D eigenvalue weighted by Gasteiger charge is -2.10. The van der Waals surface area contributed by atoms with Crippen molar-refractivity contribution < 1.29 is 8.42 Å². The Balaban J connectivity index is 2.21. The zero-order valence-corrected chi connectivity index (χ0v) is 13.3. The molecule has 7 nitrogen and oxygen atoms in total. The lowest BCUT2D eigenvalue weighted by Crippen LogP contribution is -2.24. The van der Waals surface area contributed by atoms with Crippen molar-refractivity contribution in [2.24, 2.45) is 12.8 Å². The van der Waals surface area contributed by atoms with Crippen molar-refractivity contribution in [2.75, 3.05) is 0 Å². The number of nitrogens with two attached hydrogens (primary N) is 1. The minimum Gasteiger partial charge on any atom is -0.346 e. The summed E-state index contributed by atoms with van der Waals surface area (Å²) in [5.41, 5.74) is 6.46. The largest absolute Gasteiger partial charge is 0.346 e. The predicted octanol–water partition coefficient (Wildman–Crippen LogP) is 0.740. The standard InChI is InChI=1S/C13H21N5O2S/c1-10(2)18-9-12(6-11(18)7-14)21(19,20)16-8-13-15-4-5-17(13)3/h4-6,9-10,16H,7-8,14H2,1-3H3. The van der Waals surface area contributed by atoms with Crippen LogP contribution in [0.25, 0.3) is 0 Å². The van der Waals surface area contributed by atoms with Crippen LogP contribution in [0.4, 0.5) is 0 Å². The minimum absolute atomic E-state index is 0.149. The fraction of sp³-hybridized carbons (Fsp3) is 0.462. The Labute approximate surface area is 124 Å². The van der Waals surface area contributed by atoms with E-state index in [2.05, 4.69) is 9.71 Å². The zero-order chi connectivity index (χ0) is 15.6. The van der Waals surface area contributed by atoms with Gasteiger partial charge in [0, 0.05) is 43.9 Å². The van der Waals surface area contributed by atoms with E-state index in [1.165, 1.54) is 0 Å². The molecule has 0 saturated heterocycles. The van der Waals surface area contributed by atoms with Crippen LogP contribution in [0.1, 0.15) is 31.4 Å². The maximum absolute atomic E-state index is 12.3. The second kappa shape index (κ2) is 6.00. The average Bonchev–Trinajstić information content (AvgIpc) is 3.02. The third kappa shape index (κ3) is 3.34. The smallest absolute Gasteiger partial charge is 0.242 e. The summed E-state index contributed by atoms with van der Waals surface area (Å²) in [4.78, 5) is 4.32. The fourth-order valence-electron chi connectivity index (χ4n) is 2.10. The first-order valence-corrected chi connectivity index (χ1v) is 8.20. The van der Waals surface area contributed by atoms with E-state index in [1.807, 2.05) is 25.5 Å². The first-order chi connectivity index (χ1) is 9.85. The molecule has 0 amide bonds. The molecule has 0 radical (unpaired) electrons. The number of hydrogen-bond donors (Lipinski definition) is 2. The van der Waals surface area contributed by atoms with Crippen LogP contribution in [0.15, 0.2) is 29.6 Å². The van der Waals surface area contributed by atoms with Crippen LogP contribution in [0.2, 0.25) is 0 Å².